The van der Waals surface area contributed by atoms with Gasteiger partial charge in [0.15, 0.2) is 0 Å². The number of rotatable bonds is 5. The van der Waals surface area contributed by atoms with Gasteiger partial charge in [-0.25, -0.2) is 9.69 Å². The van der Waals surface area contributed by atoms with E-state index in [4.69, 9.17) is 0 Å². The van der Waals surface area contributed by atoms with Gasteiger partial charge in [0.05, 0.1) is 6.67 Å². The Bertz CT molecular complexity index is 848. The standard InChI is InChI=1S/C21H25N3O2S/c1-15(2)12-21(17-6-4-3-5-7-17)19(25)24(20(26)22-21)14-23-10-8-18-16(13-23)9-11-27-18/h3-7,9,11,15H,8,10,12-14H2,1-2H3,(H,22,26). The number of carbonyl (C=O) groups excluding carboxylic acids is 2. The van der Waals surface area contributed by atoms with Crippen LogP contribution in [0.1, 0.15) is 36.3 Å². The van der Waals surface area contributed by atoms with Crippen LogP contribution in [0, 0.1) is 5.92 Å². The van der Waals surface area contributed by atoms with E-state index in [2.05, 4.69) is 35.5 Å². The molecule has 1 unspecified atom stereocenters. The molecular weight excluding hydrogens is 358 g/mol. The topological polar surface area (TPSA) is 52.7 Å². The van der Waals surface area contributed by atoms with Crippen LogP contribution in [-0.2, 0) is 23.3 Å². The highest BCUT2D eigenvalue weighted by Gasteiger charge is 2.52. The molecule has 2 aliphatic heterocycles. The summed E-state index contributed by atoms with van der Waals surface area (Å²) in [6.07, 6.45) is 1.57. The average Bonchev–Trinajstić information content (AvgIpc) is 3.21. The van der Waals surface area contributed by atoms with Crippen molar-refractivity contribution in [2.24, 2.45) is 5.92 Å². The number of imide groups is 1. The van der Waals surface area contributed by atoms with E-state index in [-0.39, 0.29) is 17.9 Å². The SMILES string of the molecule is CC(C)CC1(c2ccccc2)NC(=O)N(CN2CCc3sccc3C2)C1=O. The summed E-state index contributed by atoms with van der Waals surface area (Å²) in [7, 11) is 0. The third-order valence-corrected chi connectivity index (χ3v) is 6.41. The Morgan fingerprint density at radius 2 is 1.96 bits per heavy atom. The van der Waals surface area contributed by atoms with E-state index >= 15 is 0 Å². The van der Waals surface area contributed by atoms with Crippen molar-refractivity contribution in [3.8, 4) is 0 Å². The molecule has 0 radical (unpaired) electrons. The number of hydrogen-bond donors (Lipinski definition) is 1. The molecular formula is C21H25N3O2S. The zero-order chi connectivity index (χ0) is 19.0. The first kappa shape index (κ1) is 18.2. The molecule has 2 aromatic rings. The lowest BCUT2D eigenvalue weighted by Gasteiger charge is -2.31. The Morgan fingerprint density at radius 1 is 1.19 bits per heavy atom. The van der Waals surface area contributed by atoms with Crippen LogP contribution in [0.25, 0.3) is 0 Å². The molecule has 4 rings (SSSR count). The van der Waals surface area contributed by atoms with E-state index in [1.807, 2.05) is 30.3 Å². The van der Waals surface area contributed by atoms with Crippen LogP contribution in [0.3, 0.4) is 0 Å². The van der Waals surface area contributed by atoms with Crippen LogP contribution >= 0.6 is 11.3 Å². The van der Waals surface area contributed by atoms with Crippen LogP contribution in [0.4, 0.5) is 4.79 Å². The molecule has 142 valence electrons. The number of benzene rings is 1. The molecule has 3 amide bonds. The zero-order valence-corrected chi connectivity index (χ0v) is 16.6. The Morgan fingerprint density at radius 3 is 2.70 bits per heavy atom. The van der Waals surface area contributed by atoms with Crippen LogP contribution in [0.15, 0.2) is 41.8 Å². The lowest BCUT2D eigenvalue weighted by Crippen LogP contribution is -2.47. The van der Waals surface area contributed by atoms with Gasteiger partial charge in [-0.15, -0.1) is 11.3 Å². The van der Waals surface area contributed by atoms with Crippen molar-refractivity contribution in [3.63, 3.8) is 0 Å². The van der Waals surface area contributed by atoms with Crippen LogP contribution in [0.5, 0.6) is 0 Å². The van der Waals surface area contributed by atoms with Gasteiger partial charge >= 0.3 is 6.03 Å². The molecule has 1 saturated heterocycles. The molecule has 27 heavy (non-hydrogen) atoms. The molecule has 3 heterocycles. The van der Waals surface area contributed by atoms with Crippen molar-refractivity contribution in [2.75, 3.05) is 13.2 Å². The van der Waals surface area contributed by atoms with Gasteiger partial charge in [-0.05, 0) is 41.3 Å². The Labute approximate surface area is 164 Å². The minimum Gasteiger partial charge on any atom is -0.319 e. The number of nitrogens with zero attached hydrogens (tertiary/aromatic N) is 2. The monoisotopic (exact) mass is 383 g/mol. The lowest BCUT2D eigenvalue weighted by atomic mass is 9.82. The fraction of sp³-hybridized carbons (Fsp3) is 0.429. The maximum atomic E-state index is 13.5. The number of carbonyl (C=O) groups is 2. The van der Waals surface area contributed by atoms with Gasteiger partial charge in [0, 0.05) is 18.0 Å². The minimum absolute atomic E-state index is 0.136. The van der Waals surface area contributed by atoms with Crippen LogP contribution in [0.2, 0.25) is 0 Å². The Hall–Kier alpha value is -2.18. The number of hydrogen-bond acceptors (Lipinski definition) is 4. The van der Waals surface area contributed by atoms with Crippen molar-refractivity contribution < 1.29 is 9.59 Å². The molecule has 0 aliphatic carbocycles. The predicted molar refractivity (Wildman–Crippen MR) is 106 cm³/mol. The molecule has 5 nitrogen and oxygen atoms in total. The smallest absolute Gasteiger partial charge is 0.319 e. The van der Waals surface area contributed by atoms with Crippen molar-refractivity contribution >= 4 is 23.3 Å². The predicted octanol–water partition coefficient (Wildman–Crippen LogP) is 3.56. The fourth-order valence-electron chi connectivity index (χ4n) is 4.17. The van der Waals surface area contributed by atoms with Gasteiger partial charge in [0.2, 0.25) is 0 Å². The second-order valence-corrected chi connectivity index (χ2v) is 8.85. The summed E-state index contributed by atoms with van der Waals surface area (Å²) < 4.78 is 0. The summed E-state index contributed by atoms with van der Waals surface area (Å²) in [5, 5.41) is 5.15. The van der Waals surface area contributed by atoms with Gasteiger partial charge in [0.25, 0.3) is 5.91 Å². The Kier molecular flexibility index (Phi) is 4.78. The summed E-state index contributed by atoms with van der Waals surface area (Å²) >= 11 is 1.79. The molecule has 6 heteroatoms. The fourth-order valence-corrected chi connectivity index (χ4v) is 5.06. The molecule has 1 aromatic heterocycles. The Balaban J connectivity index is 1.58. The van der Waals surface area contributed by atoms with Crippen molar-refractivity contribution in [3.05, 3.63) is 57.8 Å². The summed E-state index contributed by atoms with van der Waals surface area (Å²) in [5.41, 5.74) is 1.21. The molecule has 1 N–H and O–H groups in total. The first-order valence-corrected chi connectivity index (χ1v) is 10.3. The molecule has 0 saturated carbocycles. The van der Waals surface area contributed by atoms with Gasteiger partial charge in [-0.1, -0.05) is 44.2 Å². The van der Waals surface area contributed by atoms with Gasteiger partial charge in [-0.3, -0.25) is 9.69 Å². The highest BCUT2D eigenvalue weighted by Crippen LogP contribution is 2.35. The maximum Gasteiger partial charge on any atom is 0.326 e. The largest absolute Gasteiger partial charge is 0.326 e. The van der Waals surface area contributed by atoms with Crippen molar-refractivity contribution in [1.82, 2.24) is 15.1 Å². The molecule has 1 atom stereocenters. The highest BCUT2D eigenvalue weighted by atomic mass is 32.1. The van der Waals surface area contributed by atoms with Crippen molar-refractivity contribution in [1.29, 1.82) is 0 Å². The second-order valence-electron chi connectivity index (χ2n) is 7.85. The number of thiophene rings is 1. The number of amides is 3. The van der Waals surface area contributed by atoms with Gasteiger partial charge < -0.3 is 5.32 Å². The summed E-state index contributed by atoms with van der Waals surface area (Å²) in [6.45, 7) is 6.16. The van der Waals surface area contributed by atoms with Crippen LogP contribution in [-0.4, -0.2) is 35.0 Å². The summed E-state index contributed by atoms with van der Waals surface area (Å²) in [4.78, 5) is 31.3. The first-order chi connectivity index (χ1) is 13.0. The minimum atomic E-state index is -0.962. The van der Waals surface area contributed by atoms with Crippen LogP contribution < -0.4 is 5.32 Å². The number of nitrogens with one attached hydrogen (secondary N) is 1. The molecule has 2 aliphatic rings. The average molecular weight is 384 g/mol. The van der Waals surface area contributed by atoms with Gasteiger partial charge in [0.1, 0.15) is 5.54 Å². The van der Waals surface area contributed by atoms with E-state index in [0.29, 0.717) is 13.1 Å². The molecule has 1 aromatic carbocycles. The number of fused-ring (bicyclic) bond motifs is 1. The van der Waals surface area contributed by atoms with E-state index < -0.39 is 5.54 Å². The maximum absolute atomic E-state index is 13.5. The highest BCUT2D eigenvalue weighted by molar-refractivity contribution is 7.10. The molecule has 1 fully saturated rings. The number of urea groups is 1. The summed E-state index contributed by atoms with van der Waals surface area (Å²) in [6, 6.07) is 11.5. The molecule has 0 spiro atoms. The van der Waals surface area contributed by atoms with E-state index in [1.165, 1.54) is 15.3 Å². The summed E-state index contributed by atoms with van der Waals surface area (Å²) in [5.74, 6) is 0.140. The van der Waals surface area contributed by atoms with Crippen molar-refractivity contribution in [2.45, 2.75) is 38.8 Å². The van der Waals surface area contributed by atoms with Gasteiger partial charge in [-0.2, -0.15) is 0 Å². The van der Waals surface area contributed by atoms with E-state index in [9.17, 15) is 9.59 Å². The van der Waals surface area contributed by atoms with E-state index in [1.54, 1.807) is 11.3 Å². The van der Waals surface area contributed by atoms with E-state index in [0.717, 1.165) is 25.1 Å². The lowest BCUT2D eigenvalue weighted by molar-refractivity contribution is -0.133. The third kappa shape index (κ3) is 3.28. The quantitative estimate of drug-likeness (QED) is 0.804. The zero-order valence-electron chi connectivity index (χ0n) is 15.8. The second kappa shape index (κ2) is 7.09. The third-order valence-electron chi connectivity index (χ3n) is 5.38. The molecule has 0 bridgehead atoms. The first-order valence-electron chi connectivity index (χ1n) is 9.47. The normalized spacial score (nSPS) is 23.0.